The minimum Gasteiger partial charge on any atom is -0.367 e. The maximum atomic E-state index is 11.2. The minimum absolute atomic E-state index is 0.148. The van der Waals surface area contributed by atoms with Crippen LogP contribution in [0.3, 0.4) is 0 Å². The number of hydrogen-bond acceptors (Lipinski definition) is 2. The van der Waals surface area contributed by atoms with E-state index in [0.29, 0.717) is 0 Å². The lowest BCUT2D eigenvalue weighted by Gasteiger charge is -2.35. The smallest absolute Gasteiger partial charge is 0.219 e. The van der Waals surface area contributed by atoms with Crippen molar-refractivity contribution in [2.24, 2.45) is 0 Å². The van der Waals surface area contributed by atoms with E-state index in [4.69, 9.17) is 11.6 Å². The van der Waals surface area contributed by atoms with Gasteiger partial charge in [0.05, 0.1) is 0 Å². The van der Waals surface area contributed by atoms with Crippen molar-refractivity contribution in [1.82, 2.24) is 4.90 Å². The van der Waals surface area contributed by atoms with Crippen molar-refractivity contribution in [1.29, 1.82) is 0 Å². The summed E-state index contributed by atoms with van der Waals surface area (Å²) in [5.41, 5.74) is 1.01. The summed E-state index contributed by atoms with van der Waals surface area (Å²) in [6, 6.07) is 8.71. The Kier molecular flexibility index (Phi) is 3.34. The van der Waals surface area contributed by atoms with Gasteiger partial charge in [-0.05, 0) is 12.1 Å². The first-order valence-corrected chi connectivity index (χ1v) is 5.72. The summed E-state index contributed by atoms with van der Waals surface area (Å²) in [6.45, 7) is 4.85. The highest BCUT2D eigenvalue weighted by atomic mass is 35.5. The molecule has 1 fully saturated rings. The van der Waals surface area contributed by atoms with E-state index in [1.807, 2.05) is 23.1 Å². The Morgan fingerprint density at radius 2 is 2.06 bits per heavy atom. The third kappa shape index (κ3) is 2.47. The summed E-state index contributed by atoms with van der Waals surface area (Å²) in [7, 11) is 0. The molecule has 16 heavy (non-hydrogen) atoms. The molecule has 0 aromatic heterocycles. The van der Waals surface area contributed by atoms with Crippen molar-refractivity contribution in [3.8, 4) is 0 Å². The molecule has 1 aliphatic heterocycles. The SMILES string of the molecule is CC(=O)N1CCN(c2[c]ccc(Cl)c2)CC1. The van der Waals surface area contributed by atoms with E-state index in [2.05, 4.69) is 11.0 Å². The summed E-state index contributed by atoms with van der Waals surface area (Å²) in [4.78, 5) is 15.2. The fourth-order valence-electron chi connectivity index (χ4n) is 1.87. The summed E-state index contributed by atoms with van der Waals surface area (Å²) in [5, 5.41) is 0.725. The number of hydrogen-bond donors (Lipinski definition) is 0. The fourth-order valence-corrected chi connectivity index (χ4v) is 2.04. The van der Waals surface area contributed by atoms with Crippen molar-refractivity contribution >= 4 is 23.2 Å². The van der Waals surface area contributed by atoms with Gasteiger partial charge in [0, 0.05) is 49.9 Å². The first kappa shape index (κ1) is 11.3. The van der Waals surface area contributed by atoms with Crippen LogP contribution in [0.1, 0.15) is 6.92 Å². The summed E-state index contributed by atoms with van der Waals surface area (Å²) in [6.07, 6.45) is 0. The molecule has 1 radical (unpaired) electrons. The van der Waals surface area contributed by atoms with E-state index < -0.39 is 0 Å². The zero-order chi connectivity index (χ0) is 11.5. The molecule has 1 aromatic rings. The van der Waals surface area contributed by atoms with Crippen molar-refractivity contribution < 1.29 is 4.79 Å². The number of carbonyl (C=O) groups excluding carboxylic acids is 1. The van der Waals surface area contributed by atoms with Crippen LogP contribution >= 0.6 is 11.6 Å². The minimum atomic E-state index is 0.148. The fraction of sp³-hybridized carbons (Fsp3) is 0.417. The highest BCUT2D eigenvalue weighted by Crippen LogP contribution is 2.20. The van der Waals surface area contributed by atoms with Gasteiger partial charge in [-0.2, -0.15) is 0 Å². The molecule has 1 aliphatic rings. The van der Waals surface area contributed by atoms with Gasteiger partial charge in [-0.25, -0.2) is 0 Å². The molecule has 1 heterocycles. The second-order valence-corrected chi connectivity index (χ2v) is 4.32. The maximum absolute atomic E-state index is 11.2. The lowest BCUT2D eigenvalue weighted by atomic mass is 10.2. The van der Waals surface area contributed by atoms with E-state index >= 15 is 0 Å². The molecule has 3 nitrogen and oxygen atoms in total. The van der Waals surface area contributed by atoms with E-state index in [1.54, 1.807) is 6.92 Å². The highest BCUT2D eigenvalue weighted by Gasteiger charge is 2.18. The van der Waals surface area contributed by atoms with Gasteiger partial charge >= 0.3 is 0 Å². The van der Waals surface area contributed by atoms with E-state index in [9.17, 15) is 4.79 Å². The molecule has 0 unspecified atom stereocenters. The number of piperazine rings is 1. The molecule has 1 amide bonds. The van der Waals surface area contributed by atoms with Gasteiger partial charge in [0.1, 0.15) is 0 Å². The Balaban J connectivity index is 2.01. The molecule has 0 N–H and O–H groups in total. The third-order valence-corrected chi connectivity index (χ3v) is 3.05. The van der Waals surface area contributed by atoms with Crippen molar-refractivity contribution in [3.63, 3.8) is 0 Å². The van der Waals surface area contributed by atoms with E-state index in [-0.39, 0.29) is 5.91 Å². The molecule has 0 bridgehead atoms. The predicted molar refractivity (Wildman–Crippen MR) is 64.8 cm³/mol. The summed E-state index contributed by atoms with van der Waals surface area (Å²) < 4.78 is 0. The second-order valence-electron chi connectivity index (χ2n) is 3.89. The van der Waals surface area contributed by atoms with Crippen LogP contribution in [-0.2, 0) is 4.79 Å². The second kappa shape index (κ2) is 4.74. The van der Waals surface area contributed by atoms with Crippen LogP contribution in [0.5, 0.6) is 0 Å². The topological polar surface area (TPSA) is 23.6 Å². The maximum Gasteiger partial charge on any atom is 0.219 e. The zero-order valence-corrected chi connectivity index (χ0v) is 10.00. The third-order valence-electron chi connectivity index (χ3n) is 2.81. The van der Waals surface area contributed by atoms with Crippen LogP contribution < -0.4 is 4.90 Å². The standard InChI is InChI=1S/C12H14ClN2O/c1-10(16)14-5-7-15(8-6-14)12-4-2-3-11(13)9-12/h2-3,9H,5-8H2,1H3. The molecular weight excluding hydrogens is 224 g/mol. The Labute approximate surface area is 101 Å². The van der Waals surface area contributed by atoms with Crippen LogP contribution in [0, 0.1) is 6.07 Å². The van der Waals surface area contributed by atoms with Crippen molar-refractivity contribution in [2.75, 3.05) is 31.1 Å². The van der Waals surface area contributed by atoms with Crippen LogP contribution in [0.15, 0.2) is 18.2 Å². The number of carbonyl (C=O) groups is 1. The Bertz CT molecular complexity index is 386. The molecule has 1 saturated heterocycles. The number of nitrogens with zero attached hydrogens (tertiary/aromatic N) is 2. The van der Waals surface area contributed by atoms with Gasteiger partial charge in [0.15, 0.2) is 0 Å². The van der Waals surface area contributed by atoms with Gasteiger partial charge in [-0.3, -0.25) is 4.79 Å². The number of amides is 1. The normalized spacial score (nSPS) is 16.4. The van der Waals surface area contributed by atoms with Crippen molar-refractivity contribution in [2.45, 2.75) is 6.92 Å². The number of halogens is 1. The summed E-state index contributed by atoms with van der Waals surface area (Å²) in [5.74, 6) is 0.148. The van der Waals surface area contributed by atoms with Gasteiger partial charge in [0.2, 0.25) is 5.91 Å². The van der Waals surface area contributed by atoms with Gasteiger partial charge in [-0.15, -0.1) is 0 Å². The van der Waals surface area contributed by atoms with E-state index in [1.165, 1.54) is 0 Å². The average molecular weight is 238 g/mol. The van der Waals surface area contributed by atoms with Crippen LogP contribution in [0.25, 0.3) is 0 Å². The Morgan fingerprint density at radius 1 is 1.38 bits per heavy atom. The molecule has 0 saturated carbocycles. The Hall–Kier alpha value is -1.22. The monoisotopic (exact) mass is 237 g/mol. The molecule has 0 aliphatic carbocycles. The lowest BCUT2D eigenvalue weighted by molar-refractivity contribution is -0.129. The van der Waals surface area contributed by atoms with Crippen molar-refractivity contribution in [3.05, 3.63) is 29.3 Å². The highest BCUT2D eigenvalue weighted by molar-refractivity contribution is 6.30. The van der Waals surface area contributed by atoms with Crippen LogP contribution in [0.2, 0.25) is 5.02 Å². The Morgan fingerprint density at radius 3 is 2.62 bits per heavy atom. The quantitative estimate of drug-likeness (QED) is 0.744. The number of anilines is 1. The average Bonchev–Trinajstić information content (AvgIpc) is 2.29. The molecule has 4 heteroatoms. The number of benzene rings is 1. The van der Waals surface area contributed by atoms with Gasteiger partial charge < -0.3 is 9.80 Å². The molecular formula is C12H14ClN2O. The summed E-state index contributed by atoms with van der Waals surface area (Å²) >= 11 is 5.93. The van der Waals surface area contributed by atoms with Crippen LogP contribution in [-0.4, -0.2) is 37.0 Å². The van der Waals surface area contributed by atoms with Crippen LogP contribution in [0.4, 0.5) is 5.69 Å². The first-order valence-electron chi connectivity index (χ1n) is 5.34. The molecule has 2 rings (SSSR count). The molecule has 0 spiro atoms. The van der Waals surface area contributed by atoms with Gasteiger partial charge in [0.25, 0.3) is 0 Å². The molecule has 0 atom stereocenters. The van der Waals surface area contributed by atoms with E-state index in [0.717, 1.165) is 36.9 Å². The predicted octanol–water partition coefficient (Wildman–Crippen LogP) is 1.81. The molecule has 1 aromatic carbocycles. The lowest BCUT2D eigenvalue weighted by Crippen LogP contribution is -2.48. The van der Waals surface area contributed by atoms with Gasteiger partial charge in [-0.1, -0.05) is 17.7 Å². The number of rotatable bonds is 1. The zero-order valence-electron chi connectivity index (χ0n) is 9.24. The largest absolute Gasteiger partial charge is 0.367 e. The molecule has 85 valence electrons. The first-order chi connectivity index (χ1) is 7.66.